The number of rotatable bonds is 7. The highest BCUT2D eigenvalue weighted by atomic mass is 35.5. The van der Waals surface area contributed by atoms with Crippen molar-refractivity contribution in [1.82, 2.24) is 9.97 Å². The molecule has 0 amide bonds. The minimum atomic E-state index is -2.03. The number of methoxy groups -OCH3 is 1. The number of H-pyrrole nitrogens is 1. The van der Waals surface area contributed by atoms with E-state index in [9.17, 15) is 35.1 Å². The van der Waals surface area contributed by atoms with Crippen molar-refractivity contribution in [2.75, 3.05) is 17.7 Å². The van der Waals surface area contributed by atoms with Crippen molar-refractivity contribution in [1.29, 1.82) is 0 Å². The molecule has 15 heteroatoms. The molecule has 0 saturated heterocycles. The summed E-state index contributed by atoms with van der Waals surface area (Å²) in [5.41, 5.74) is -2.91. The van der Waals surface area contributed by atoms with Gasteiger partial charge >= 0.3 is 5.97 Å². The third-order valence-electron chi connectivity index (χ3n) is 4.54. The first kappa shape index (κ1) is 24.2. The number of nitro benzene ring substituents is 1. The summed E-state index contributed by atoms with van der Waals surface area (Å²) in [6.07, 6.45) is 0. The Morgan fingerprint density at radius 1 is 1.32 bits per heavy atom. The normalized spacial score (nSPS) is 12.6. The predicted octanol–water partition coefficient (Wildman–Crippen LogP) is 1.63. The van der Waals surface area contributed by atoms with Gasteiger partial charge in [-0.1, -0.05) is 11.6 Å². The average Bonchev–Trinajstić information content (AvgIpc) is 2.79. The van der Waals surface area contributed by atoms with Gasteiger partial charge in [0.05, 0.1) is 28.8 Å². The summed E-state index contributed by atoms with van der Waals surface area (Å²) in [6, 6.07) is 6.83. The molecule has 2 aromatic carbocycles. The molecule has 1 atom stereocenters. The second-order valence-electron chi connectivity index (χ2n) is 6.64. The van der Waals surface area contributed by atoms with Gasteiger partial charge in [-0.05, 0) is 36.1 Å². The number of hydrogen-bond donors (Lipinski definition) is 4. The number of ether oxygens (including phenoxy) is 1. The molecule has 0 aliphatic heterocycles. The number of anilines is 2. The van der Waals surface area contributed by atoms with E-state index in [-0.39, 0.29) is 11.0 Å². The quantitative estimate of drug-likeness (QED) is 0.160. The first-order valence-corrected chi connectivity index (χ1v) is 9.50. The summed E-state index contributed by atoms with van der Waals surface area (Å²) >= 11 is 5.87. The van der Waals surface area contributed by atoms with E-state index < -0.39 is 62.0 Å². The van der Waals surface area contributed by atoms with Gasteiger partial charge in [0, 0.05) is 11.1 Å². The topological polar surface area (TPSA) is 217 Å². The zero-order valence-electron chi connectivity index (χ0n) is 17.0. The SMILES string of the molecule is COC(=O)C(C([O-])=C(O)Nc1ccc(N([O-])O)cc1[N+](=O)[O-])c1nc2ccc(Cl)cc2[nH]c1=O. The molecule has 1 aromatic heterocycles. The van der Waals surface area contributed by atoms with Crippen LogP contribution < -0.4 is 21.2 Å². The maximum absolute atomic E-state index is 12.9. The maximum Gasteiger partial charge on any atom is 0.318 e. The number of fused-ring (bicyclic) bond motifs is 1. The number of hydrogen-bond acceptors (Lipinski definition) is 12. The number of nitrogens with one attached hydrogen (secondary N) is 2. The van der Waals surface area contributed by atoms with Gasteiger partial charge in [-0.3, -0.25) is 24.9 Å². The molecular weight excluding hydrogens is 478 g/mol. The summed E-state index contributed by atoms with van der Waals surface area (Å²) in [7, 11) is 0.940. The second-order valence-corrected chi connectivity index (χ2v) is 7.07. The lowest BCUT2D eigenvalue weighted by Crippen LogP contribution is -2.32. The summed E-state index contributed by atoms with van der Waals surface area (Å²) in [5, 5.41) is 56.2. The molecule has 3 rings (SSSR count). The third-order valence-corrected chi connectivity index (χ3v) is 4.77. The summed E-state index contributed by atoms with van der Waals surface area (Å²) < 4.78 is 4.58. The Morgan fingerprint density at radius 3 is 2.65 bits per heavy atom. The smallest absolute Gasteiger partial charge is 0.318 e. The van der Waals surface area contributed by atoms with E-state index in [4.69, 9.17) is 16.8 Å². The predicted molar refractivity (Wildman–Crippen MR) is 116 cm³/mol. The van der Waals surface area contributed by atoms with Crippen LogP contribution in [0.5, 0.6) is 0 Å². The molecule has 3 aromatic rings. The fourth-order valence-electron chi connectivity index (χ4n) is 2.95. The van der Waals surface area contributed by atoms with Crippen LogP contribution in [0.1, 0.15) is 11.6 Å². The minimum Gasteiger partial charge on any atom is -0.871 e. The fraction of sp³-hybridized carbons (Fsp3) is 0.105. The van der Waals surface area contributed by atoms with Crippen LogP contribution in [0.2, 0.25) is 5.02 Å². The summed E-state index contributed by atoms with van der Waals surface area (Å²) in [5.74, 6) is -5.92. The summed E-state index contributed by atoms with van der Waals surface area (Å²) in [6.45, 7) is 0. The molecule has 0 radical (unpaired) electrons. The van der Waals surface area contributed by atoms with Gasteiger partial charge in [0.25, 0.3) is 11.2 Å². The van der Waals surface area contributed by atoms with Gasteiger partial charge in [0.1, 0.15) is 17.3 Å². The van der Waals surface area contributed by atoms with Crippen molar-refractivity contribution in [3.63, 3.8) is 0 Å². The van der Waals surface area contributed by atoms with E-state index in [1.54, 1.807) is 0 Å². The number of carbonyl (C=O) groups is 1. The Hall–Kier alpha value is -4.40. The molecule has 0 spiro atoms. The molecule has 14 nitrogen and oxygen atoms in total. The molecule has 178 valence electrons. The van der Waals surface area contributed by atoms with Crippen LogP contribution in [-0.2, 0) is 9.53 Å². The Balaban J connectivity index is 2.10. The molecule has 1 heterocycles. The van der Waals surface area contributed by atoms with E-state index in [0.717, 1.165) is 19.2 Å². The number of aliphatic hydroxyl groups excluding tert-OH is 1. The first-order chi connectivity index (χ1) is 16.0. The molecule has 0 saturated carbocycles. The van der Waals surface area contributed by atoms with E-state index in [1.165, 1.54) is 18.2 Å². The van der Waals surface area contributed by atoms with Crippen LogP contribution in [0.3, 0.4) is 0 Å². The molecule has 0 aliphatic carbocycles. The van der Waals surface area contributed by atoms with Gasteiger partial charge in [-0.25, -0.2) is 4.98 Å². The van der Waals surface area contributed by atoms with E-state index in [1.807, 2.05) is 0 Å². The number of benzene rings is 2. The highest BCUT2D eigenvalue weighted by Gasteiger charge is 2.28. The largest absolute Gasteiger partial charge is 0.871 e. The van der Waals surface area contributed by atoms with Crippen molar-refractivity contribution >= 4 is 45.7 Å². The van der Waals surface area contributed by atoms with Crippen molar-refractivity contribution in [2.24, 2.45) is 0 Å². The Morgan fingerprint density at radius 2 is 2.03 bits per heavy atom. The van der Waals surface area contributed by atoms with Crippen LogP contribution in [0.4, 0.5) is 17.1 Å². The maximum atomic E-state index is 12.9. The van der Waals surface area contributed by atoms with E-state index in [2.05, 4.69) is 20.0 Å². The van der Waals surface area contributed by atoms with Crippen LogP contribution in [0.15, 0.2) is 52.8 Å². The number of aromatic nitrogens is 2. The van der Waals surface area contributed by atoms with Crippen LogP contribution >= 0.6 is 11.6 Å². The number of aliphatic hydroxyl groups is 1. The Labute approximate surface area is 194 Å². The molecule has 0 fully saturated rings. The van der Waals surface area contributed by atoms with Gasteiger partial charge in [-0.15, -0.1) is 0 Å². The van der Waals surface area contributed by atoms with Gasteiger partial charge < -0.3 is 35.7 Å². The van der Waals surface area contributed by atoms with Crippen molar-refractivity contribution in [3.05, 3.63) is 84.4 Å². The van der Waals surface area contributed by atoms with Crippen LogP contribution in [-0.4, -0.2) is 38.3 Å². The summed E-state index contributed by atoms with van der Waals surface area (Å²) in [4.78, 5) is 41.7. The van der Waals surface area contributed by atoms with E-state index >= 15 is 0 Å². The highest BCUT2D eigenvalue weighted by Crippen LogP contribution is 2.31. The van der Waals surface area contributed by atoms with Crippen molar-refractivity contribution in [3.8, 4) is 0 Å². The average molecular weight is 492 g/mol. The van der Waals surface area contributed by atoms with Crippen LogP contribution in [0.25, 0.3) is 11.0 Å². The number of esters is 1. The van der Waals surface area contributed by atoms with Crippen LogP contribution in [0, 0.1) is 15.3 Å². The minimum absolute atomic E-state index is 0.172. The highest BCUT2D eigenvalue weighted by molar-refractivity contribution is 6.31. The molecule has 0 bridgehead atoms. The Bertz CT molecular complexity index is 1370. The first-order valence-electron chi connectivity index (χ1n) is 9.12. The van der Waals surface area contributed by atoms with Gasteiger partial charge in [-0.2, -0.15) is 0 Å². The van der Waals surface area contributed by atoms with Gasteiger partial charge in [0.2, 0.25) is 0 Å². The Kier molecular flexibility index (Phi) is 6.86. The van der Waals surface area contributed by atoms with E-state index in [0.29, 0.717) is 11.1 Å². The lowest BCUT2D eigenvalue weighted by atomic mass is 10.0. The molecule has 34 heavy (non-hydrogen) atoms. The third kappa shape index (κ3) is 4.83. The molecule has 0 aliphatic rings. The van der Waals surface area contributed by atoms with Crippen molar-refractivity contribution < 1.29 is 29.9 Å². The standard InChI is InChI=1S/C19H15ClN5O9/c1-34-19(29)14(15-17(27)23-12-6-8(20)2-4-10(12)21-15)16(26)18(28)22-11-5-3-9(24(30)31)7-13(11)25(32)33/h2-7,14,22,26,28,30H,1H3,(H,23,27)/q-1/p-1. The molecule has 1 unspecified atom stereocenters. The molecular formula is C19H14ClN5O9-2. The zero-order valence-corrected chi connectivity index (χ0v) is 17.8. The number of carbonyl (C=O) groups excluding carboxylic acids is 1. The monoisotopic (exact) mass is 491 g/mol. The lowest BCUT2D eigenvalue weighted by molar-refractivity contribution is -0.383. The fourth-order valence-corrected chi connectivity index (χ4v) is 3.12. The number of aromatic amines is 1. The number of halogens is 1. The second kappa shape index (κ2) is 9.62. The number of nitrogens with zero attached hydrogens (tertiary/aromatic N) is 3. The van der Waals surface area contributed by atoms with Crippen molar-refractivity contribution in [2.45, 2.75) is 5.92 Å². The lowest BCUT2D eigenvalue weighted by Gasteiger charge is -2.24. The zero-order chi connectivity index (χ0) is 25.2. The number of nitro groups is 1. The molecule has 4 N–H and O–H groups in total. The van der Waals surface area contributed by atoms with Gasteiger partial charge in [0.15, 0.2) is 5.88 Å².